The van der Waals surface area contributed by atoms with Crippen LogP contribution in [0.1, 0.15) is 64.2 Å². The third kappa shape index (κ3) is 8.84. The van der Waals surface area contributed by atoms with Crippen molar-refractivity contribution >= 4 is 0 Å². The van der Waals surface area contributed by atoms with Gasteiger partial charge in [0.1, 0.15) is 0 Å². The molecule has 1 unspecified atom stereocenters. The van der Waals surface area contributed by atoms with Gasteiger partial charge in [-0.25, -0.2) is 0 Å². The van der Waals surface area contributed by atoms with E-state index in [9.17, 15) is 22.0 Å². The summed E-state index contributed by atoms with van der Waals surface area (Å²) in [5.74, 6) is -4.55. The van der Waals surface area contributed by atoms with E-state index >= 15 is 0 Å². The molecule has 23 heavy (non-hydrogen) atoms. The average molecular weight is 346 g/mol. The predicted molar refractivity (Wildman–Crippen MR) is 77.7 cm³/mol. The first kappa shape index (κ1) is 20.6. The highest BCUT2D eigenvalue weighted by molar-refractivity contribution is 4.75. The normalized spacial score (nSPS) is 19.4. The van der Waals surface area contributed by atoms with Crippen LogP contribution in [0, 0.1) is 0 Å². The quantitative estimate of drug-likeness (QED) is 0.343. The van der Waals surface area contributed by atoms with Crippen molar-refractivity contribution in [3.8, 4) is 0 Å². The number of hydrogen-bond acceptors (Lipinski definition) is 2. The molecule has 2 nitrogen and oxygen atoms in total. The summed E-state index contributed by atoms with van der Waals surface area (Å²) in [5.41, 5.74) is 0. The topological polar surface area (TPSA) is 18.5 Å². The van der Waals surface area contributed by atoms with E-state index in [-0.39, 0.29) is 12.5 Å². The van der Waals surface area contributed by atoms with Crippen LogP contribution in [0.15, 0.2) is 0 Å². The minimum atomic E-state index is -5.42. The number of ether oxygens (including phenoxy) is 2. The monoisotopic (exact) mass is 346 g/mol. The van der Waals surface area contributed by atoms with Gasteiger partial charge in [-0.2, -0.15) is 22.0 Å². The number of hydrogen-bond donors (Lipinski definition) is 0. The Morgan fingerprint density at radius 2 is 1.48 bits per heavy atom. The van der Waals surface area contributed by atoms with Crippen LogP contribution in [0.5, 0.6) is 0 Å². The van der Waals surface area contributed by atoms with Gasteiger partial charge in [0.25, 0.3) is 0 Å². The van der Waals surface area contributed by atoms with E-state index in [1.807, 2.05) is 0 Å². The fourth-order valence-electron chi connectivity index (χ4n) is 2.57. The highest BCUT2D eigenvalue weighted by Crippen LogP contribution is 2.39. The van der Waals surface area contributed by atoms with Gasteiger partial charge in [0.2, 0.25) is 0 Å². The second-order valence-electron chi connectivity index (χ2n) is 6.14. The molecule has 138 valence electrons. The molecule has 0 aliphatic carbocycles. The van der Waals surface area contributed by atoms with Crippen molar-refractivity contribution in [1.29, 1.82) is 0 Å². The first-order valence-corrected chi connectivity index (χ1v) is 8.47. The van der Waals surface area contributed by atoms with Crippen LogP contribution >= 0.6 is 0 Å². The standard InChI is InChI=1S/C16H27F5O2/c17-15(18,16(19,20)21)10-6-4-2-1-3-5-7-11-22-13-14-9-8-12-23-14/h14H,1-13H2. The van der Waals surface area contributed by atoms with Gasteiger partial charge in [0.05, 0.1) is 12.7 Å². The van der Waals surface area contributed by atoms with Crippen LogP contribution in [0.3, 0.4) is 0 Å². The van der Waals surface area contributed by atoms with Crippen LogP contribution in [0.2, 0.25) is 0 Å². The molecule has 1 aliphatic rings. The second kappa shape index (κ2) is 10.4. The summed E-state index contributed by atoms with van der Waals surface area (Å²) in [4.78, 5) is 0. The maximum absolute atomic E-state index is 12.6. The van der Waals surface area contributed by atoms with Crippen LogP contribution in [-0.4, -0.2) is 38.0 Å². The predicted octanol–water partition coefficient (Wildman–Crippen LogP) is 5.50. The molecule has 0 bridgehead atoms. The Hall–Kier alpha value is -0.430. The van der Waals surface area contributed by atoms with E-state index in [1.54, 1.807) is 0 Å². The largest absolute Gasteiger partial charge is 0.453 e. The lowest BCUT2D eigenvalue weighted by Crippen LogP contribution is -2.36. The molecule has 0 aromatic carbocycles. The van der Waals surface area contributed by atoms with Crippen LogP contribution in [0.4, 0.5) is 22.0 Å². The van der Waals surface area contributed by atoms with Crippen molar-refractivity contribution in [2.24, 2.45) is 0 Å². The zero-order valence-corrected chi connectivity index (χ0v) is 13.5. The molecule has 0 saturated carbocycles. The van der Waals surface area contributed by atoms with Crippen molar-refractivity contribution in [2.45, 2.75) is 82.4 Å². The Kier molecular flexibility index (Phi) is 9.36. The third-order valence-electron chi connectivity index (χ3n) is 4.02. The lowest BCUT2D eigenvalue weighted by atomic mass is 10.1. The molecule has 1 saturated heterocycles. The van der Waals surface area contributed by atoms with Gasteiger partial charge >= 0.3 is 12.1 Å². The summed E-state index contributed by atoms with van der Waals surface area (Å²) in [5, 5.41) is 0. The van der Waals surface area contributed by atoms with E-state index < -0.39 is 18.5 Å². The van der Waals surface area contributed by atoms with E-state index in [0.29, 0.717) is 26.1 Å². The summed E-state index contributed by atoms with van der Waals surface area (Å²) >= 11 is 0. The van der Waals surface area contributed by atoms with Crippen LogP contribution < -0.4 is 0 Å². The zero-order chi connectivity index (χ0) is 17.2. The van der Waals surface area contributed by atoms with Gasteiger partial charge < -0.3 is 9.47 Å². The molecule has 0 aromatic heterocycles. The van der Waals surface area contributed by atoms with Crippen molar-refractivity contribution in [2.75, 3.05) is 19.8 Å². The Balaban J connectivity index is 1.82. The Bertz CT molecular complexity index is 301. The lowest BCUT2D eigenvalue weighted by molar-refractivity contribution is -0.284. The molecule has 0 spiro atoms. The minimum Gasteiger partial charge on any atom is -0.379 e. The van der Waals surface area contributed by atoms with Gasteiger partial charge in [0, 0.05) is 19.6 Å². The summed E-state index contributed by atoms with van der Waals surface area (Å²) < 4.78 is 72.1. The van der Waals surface area contributed by atoms with Gasteiger partial charge in [-0.3, -0.25) is 0 Å². The Labute approximate surface area is 134 Å². The van der Waals surface area contributed by atoms with E-state index in [1.165, 1.54) is 0 Å². The molecular weight excluding hydrogens is 319 g/mol. The highest BCUT2D eigenvalue weighted by atomic mass is 19.4. The Morgan fingerprint density at radius 3 is 2.04 bits per heavy atom. The molecule has 7 heteroatoms. The summed E-state index contributed by atoms with van der Waals surface area (Å²) in [6.45, 7) is 2.16. The maximum atomic E-state index is 12.6. The summed E-state index contributed by atoms with van der Waals surface area (Å²) in [7, 11) is 0. The Morgan fingerprint density at radius 1 is 0.870 bits per heavy atom. The third-order valence-corrected chi connectivity index (χ3v) is 4.02. The molecule has 1 fully saturated rings. The SMILES string of the molecule is FC(F)(F)C(F)(F)CCCCCCCCCOCC1CCCO1. The van der Waals surface area contributed by atoms with Crippen molar-refractivity contribution in [3.05, 3.63) is 0 Å². The van der Waals surface area contributed by atoms with Crippen molar-refractivity contribution < 1.29 is 31.4 Å². The zero-order valence-electron chi connectivity index (χ0n) is 13.5. The molecule has 1 heterocycles. The van der Waals surface area contributed by atoms with E-state index in [0.717, 1.165) is 45.1 Å². The van der Waals surface area contributed by atoms with Gasteiger partial charge in [-0.15, -0.1) is 0 Å². The lowest BCUT2D eigenvalue weighted by Gasteiger charge is -2.19. The van der Waals surface area contributed by atoms with Gasteiger partial charge in [-0.05, 0) is 25.7 Å². The number of halogens is 5. The molecular formula is C16H27F5O2. The first-order valence-electron chi connectivity index (χ1n) is 8.47. The van der Waals surface area contributed by atoms with Gasteiger partial charge in [0.15, 0.2) is 0 Å². The molecule has 0 aromatic rings. The number of rotatable bonds is 12. The van der Waals surface area contributed by atoms with Crippen molar-refractivity contribution in [1.82, 2.24) is 0 Å². The molecule has 0 N–H and O–H groups in total. The second-order valence-corrected chi connectivity index (χ2v) is 6.14. The number of unbranched alkanes of at least 4 members (excludes halogenated alkanes) is 6. The first-order chi connectivity index (χ1) is 10.8. The molecule has 0 radical (unpaired) electrons. The van der Waals surface area contributed by atoms with E-state index in [2.05, 4.69) is 0 Å². The smallest absolute Gasteiger partial charge is 0.379 e. The van der Waals surface area contributed by atoms with Crippen LogP contribution in [0.25, 0.3) is 0 Å². The molecule has 1 atom stereocenters. The summed E-state index contributed by atoms with van der Waals surface area (Å²) in [6.07, 6.45) is 0.666. The van der Waals surface area contributed by atoms with Crippen molar-refractivity contribution in [3.63, 3.8) is 0 Å². The average Bonchev–Trinajstić information content (AvgIpc) is 2.96. The van der Waals surface area contributed by atoms with E-state index in [4.69, 9.17) is 9.47 Å². The van der Waals surface area contributed by atoms with Gasteiger partial charge in [-0.1, -0.05) is 32.1 Å². The molecule has 1 rings (SSSR count). The maximum Gasteiger partial charge on any atom is 0.453 e. The highest BCUT2D eigenvalue weighted by Gasteiger charge is 2.56. The van der Waals surface area contributed by atoms with Crippen LogP contribution in [-0.2, 0) is 9.47 Å². The molecule has 0 amide bonds. The fraction of sp³-hybridized carbons (Fsp3) is 1.00. The summed E-state index contributed by atoms with van der Waals surface area (Å²) in [6, 6.07) is 0. The molecule has 1 aliphatic heterocycles. The fourth-order valence-corrected chi connectivity index (χ4v) is 2.57. The number of alkyl halides is 5. The minimum absolute atomic E-state index is 0.0863.